The first-order chi connectivity index (χ1) is 8.16. The molecule has 1 aromatic rings. The molecular weight excluding hydrogens is 278 g/mol. The minimum Gasteiger partial charge on any atom is -0.378 e. The Balaban J connectivity index is 2.18. The van der Waals surface area contributed by atoms with E-state index in [-0.39, 0.29) is 5.41 Å². The first-order valence-electron chi connectivity index (χ1n) is 6.17. The minimum atomic E-state index is 0.246. The molecule has 1 aliphatic heterocycles. The molecule has 1 aromatic carbocycles. The van der Waals surface area contributed by atoms with Crippen molar-refractivity contribution in [3.8, 4) is 0 Å². The van der Waals surface area contributed by atoms with Gasteiger partial charge in [0.1, 0.15) is 0 Å². The van der Waals surface area contributed by atoms with E-state index < -0.39 is 0 Å². The Morgan fingerprint density at radius 2 is 2.35 bits per heavy atom. The summed E-state index contributed by atoms with van der Waals surface area (Å²) in [4.78, 5) is 0. The summed E-state index contributed by atoms with van der Waals surface area (Å²) in [5.41, 5.74) is 1.63. The van der Waals surface area contributed by atoms with Gasteiger partial charge in [0, 0.05) is 23.0 Å². The topological polar surface area (TPSA) is 21.3 Å². The summed E-state index contributed by atoms with van der Waals surface area (Å²) in [5, 5.41) is 3.32. The van der Waals surface area contributed by atoms with Crippen molar-refractivity contribution in [1.82, 2.24) is 5.32 Å². The number of ether oxygens (including phenoxy) is 1. The van der Waals surface area contributed by atoms with E-state index in [0.29, 0.717) is 6.10 Å². The van der Waals surface area contributed by atoms with Crippen LogP contribution in [0.15, 0.2) is 28.7 Å². The number of nitrogens with one attached hydrogen (secondary N) is 1. The van der Waals surface area contributed by atoms with Gasteiger partial charge in [0.25, 0.3) is 0 Å². The molecule has 0 radical (unpaired) electrons. The lowest BCUT2D eigenvalue weighted by molar-refractivity contribution is 0.0640. The zero-order chi connectivity index (χ0) is 12.3. The smallest absolute Gasteiger partial charge is 0.0619 e. The fourth-order valence-electron chi connectivity index (χ4n) is 2.75. The fraction of sp³-hybridized carbons (Fsp3) is 0.571. The Bertz CT molecular complexity index is 382. The van der Waals surface area contributed by atoms with Crippen LogP contribution in [0.5, 0.6) is 0 Å². The van der Waals surface area contributed by atoms with Gasteiger partial charge in [-0.05, 0) is 44.5 Å². The van der Waals surface area contributed by atoms with Gasteiger partial charge in [0.05, 0.1) is 6.10 Å². The molecule has 2 atom stereocenters. The van der Waals surface area contributed by atoms with Crippen LogP contribution in [0.3, 0.4) is 0 Å². The molecule has 0 aliphatic carbocycles. The third kappa shape index (κ3) is 2.90. The van der Waals surface area contributed by atoms with Crippen molar-refractivity contribution in [2.45, 2.75) is 25.9 Å². The molecule has 0 saturated carbocycles. The SMILES string of the molecule is CNCC1(Cc2cccc(Br)c2)CCOC1C. The van der Waals surface area contributed by atoms with Crippen LogP contribution in [-0.2, 0) is 11.2 Å². The summed E-state index contributed by atoms with van der Waals surface area (Å²) in [6, 6.07) is 8.59. The number of halogens is 1. The first-order valence-corrected chi connectivity index (χ1v) is 6.96. The van der Waals surface area contributed by atoms with Crippen molar-refractivity contribution in [3.05, 3.63) is 34.3 Å². The Kier molecular flexibility index (Phi) is 4.23. The minimum absolute atomic E-state index is 0.246. The van der Waals surface area contributed by atoms with Crippen molar-refractivity contribution in [1.29, 1.82) is 0 Å². The molecule has 2 unspecified atom stereocenters. The molecule has 94 valence electrons. The zero-order valence-electron chi connectivity index (χ0n) is 10.5. The van der Waals surface area contributed by atoms with Crippen LogP contribution < -0.4 is 5.32 Å². The third-order valence-corrected chi connectivity index (χ3v) is 4.30. The summed E-state index contributed by atoms with van der Waals surface area (Å²) in [5.74, 6) is 0. The van der Waals surface area contributed by atoms with E-state index in [1.165, 1.54) is 5.56 Å². The van der Waals surface area contributed by atoms with Gasteiger partial charge >= 0.3 is 0 Å². The van der Waals surface area contributed by atoms with Crippen LogP contribution in [0.2, 0.25) is 0 Å². The van der Waals surface area contributed by atoms with Gasteiger partial charge in [-0.15, -0.1) is 0 Å². The van der Waals surface area contributed by atoms with Crippen LogP contribution >= 0.6 is 15.9 Å². The quantitative estimate of drug-likeness (QED) is 0.922. The van der Waals surface area contributed by atoms with Crippen molar-refractivity contribution in [2.24, 2.45) is 5.41 Å². The van der Waals surface area contributed by atoms with E-state index in [4.69, 9.17) is 4.74 Å². The Morgan fingerprint density at radius 1 is 1.53 bits per heavy atom. The summed E-state index contributed by atoms with van der Waals surface area (Å²) in [6.07, 6.45) is 2.55. The van der Waals surface area contributed by atoms with Gasteiger partial charge in [0.15, 0.2) is 0 Å². The second-order valence-electron chi connectivity index (χ2n) is 4.96. The molecule has 1 aliphatic rings. The average molecular weight is 298 g/mol. The molecule has 0 spiro atoms. The fourth-order valence-corrected chi connectivity index (χ4v) is 3.20. The van der Waals surface area contributed by atoms with E-state index in [2.05, 4.69) is 52.4 Å². The molecule has 17 heavy (non-hydrogen) atoms. The van der Waals surface area contributed by atoms with Gasteiger partial charge in [-0.2, -0.15) is 0 Å². The third-order valence-electron chi connectivity index (χ3n) is 3.80. The van der Waals surface area contributed by atoms with Crippen LogP contribution in [0.4, 0.5) is 0 Å². The number of benzene rings is 1. The molecule has 3 heteroatoms. The second-order valence-corrected chi connectivity index (χ2v) is 5.88. The number of hydrogen-bond donors (Lipinski definition) is 1. The predicted molar refractivity (Wildman–Crippen MR) is 74.2 cm³/mol. The normalized spacial score (nSPS) is 28.5. The van der Waals surface area contributed by atoms with E-state index >= 15 is 0 Å². The molecule has 1 saturated heterocycles. The lowest BCUT2D eigenvalue weighted by Gasteiger charge is -2.32. The second kappa shape index (κ2) is 5.51. The van der Waals surface area contributed by atoms with Crippen molar-refractivity contribution >= 4 is 15.9 Å². The van der Waals surface area contributed by atoms with Crippen LogP contribution in [0.1, 0.15) is 18.9 Å². The predicted octanol–water partition coefficient (Wildman–Crippen LogP) is 3.01. The summed E-state index contributed by atoms with van der Waals surface area (Å²) in [7, 11) is 2.02. The Morgan fingerprint density at radius 3 is 2.94 bits per heavy atom. The van der Waals surface area contributed by atoms with Gasteiger partial charge < -0.3 is 10.1 Å². The van der Waals surface area contributed by atoms with Crippen molar-refractivity contribution < 1.29 is 4.74 Å². The molecule has 1 fully saturated rings. The molecule has 0 amide bonds. The highest BCUT2D eigenvalue weighted by Crippen LogP contribution is 2.38. The molecule has 2 rings (SSSR count). The average Bonchev–Trinajstić information content (AvgIpc) is 2.61. The van der Waals surface area contributed by atoms with Gasteiger partial charge in [-0.25, -0.2) is 0 Å². The Hall–Kier alpha value is -0.380. The maximum Gasteiger partial charge on any atom is 0.0619 e. The molecule has 2 nitrogen and oxygen atoms in total. The van der Waals surface area contributed by atoms with Crippen LogP contribution in [0, 0.1) is 5.41 Å². The zero-order valence-corrected chi connectivity index (χ0v) is 12.1. The molecule has 1 heterocycles. The molecular formula is C14H20BrNO. The highest BCUT2D eigenvalue weighted by Gasteiger charge is 2.40. The molecule has 0 bridgehead atoms. The van der Waals surface area contributed by atoms with Crippen LogP contribution in [-0.4, -0.2) is 26.3 Å². The van der Waals surface area contributed by atoms with Gasteiger partial charge in [0.2, 0.25) is 0 Å². The number of rotatable bonds is 4. The van der Waals surface area contributed by atoms with E-state index in [9.17, 15) is 0 Å². The summed E-state index contributed by atoms with van der Waals surface area (Å²) >= 11 is 3.54. The maximum atomic E-state index is 5.77. The van der Waals surface area contributed by atoms with E-state index in [1.807, 2.05) is 7.05 Å². The number of hydrogen-bond acceptors (Lipinski definition) is 2. The standard InChI is InChI=1S/C14H20BrNO/c1-11-14(10-16-2,6-7-17-11)9-12-4-3-5-13(15)8-12/h3-5,8,11,16H,6-7,9-10H2,1-2H3. The lowest BCUT2D eigenvalue weighted by Crippen LogP contribution is -2.40. The lowest BCUT2D eigenvalue weighted by atomic mass is 9.76. The summed E-state index contributed by atoms with van der Waals surface area (Å²) in [6.45, 7) is 4.10. The van der Waals surface area contributed by atoms with Crippen molar-refractivity contribution in [3.63, 3.8) is 0 Å². The molecule has 0 aromatic heterocycles. The summed E-state index contributed by atoms with van der Waals surface area (Å²) < 4.78 is 6.93. The monoisotopic (exact) mass is 297 g/mol. The Labute approximate surface area is 112 Å². The first kappa shape index (κ1) is 13.1. The maximum absolute atomic E-state index is 5.77. The highest BCUT2D eigenvalue weighted by atomic mass is 79.9. The van der Waals surface area contributed by atoms with Gasteiger partial charge in [-0.1, -0.05) is 28.1 Å². The van der Waals surface area contributed by atoms with Crippen LogP contribution in [0.25, 0.3) is 0 Å². The molecule has 1 N–H and O–H groups in total. The largest absolute Gasteiger partial charge is 0.378 e. The van der Waals surface area contributed by atoms with E-state index in [0.717, 1.165) is 30.5 Å². The van der Waals surface area contributed by atoms with Crippen molar-refractivity contribution in [2.75, 3.05) is 20.2 Å². The highest BCUT2D eigenvalue weighted by molar-refractivity contribution is 9.10. The van der Waals surface area contributed by atoms with Gasteiger partial charge in [-0.3, -0.25) is 0 Å². The van der Waals surface area contributed by atoms with E-state index in [1.54, 1.807) is 0 Å².